The average Bonchev–Trinajstić information content (AvgIpc) is 1.65. The van der Waals surface area contributed by atoms with Crippen molar-refractivity contribution in [1.82, 2.24) is 49.5 Å². The third-order valence-electron chi connectivity index (χ3n) is 15.7. The molecule has 0 fully saturated rings. The van der Waals surface area contributed by atoms with Crippen LogP contribution in [0.15, 0.2) is 340 Å². The van der Waals surface area contributed by atoms with E-state index in [4.69, 9.17) is 5.10 Å². The molecule has 10 nitrogen and oxygen atoms in total. The Kier molecular flexibility index (Phi) is 26.3. The summed E-state index contributed by atoms with van der Waals surface area (Å²) in [5.41, 5.74) is 23.9. The summed E-state index contributed by atoms with van der Waals surface area (Å²) in [5.74, 6) is 0. The van der Waals surface area contributed by atoms with E-state index in [1.54, 1.807) is 15.7 Å². The van der Waals surface area contributed by atoms with E-state index >= 15 is 0 Å². The van der Waals surface area contributed by atoms with Crippen LogP contribution in [0.4, 0.5) is 0 Å². The first-order valence-corrected chi connectivity index (χ1v) is 30.9. The topological polar surface area (TPSA) is 97.1 Å². The SMILES string of the molecule is Cc1nn(-c2[c-]cccc2)c(C)c1-c1ccc(-c2ccccc2)cc1.[Rh].[Rh].[Rh].[Rh].[c-]1ccccc1-n1cc(-c2ccc(-c3ccccc3)cc2)cn1.[c-]1ccccc1-n1cc(-c2ccc(-c3ccccc3)cc2)nn1.[c-]1ccccc1-n1ncc(-c2ccc(-c3ccccc3)cc2)n1. The fourth-order valence-electron chi connectivity index (χ4n) is 10.9. The zero-order chi connectivity index (χ0) is 63.7. The molecule has 0 saturated heterocycles. The zero-order valence-electron chi connectivity index (χ0n) is 53.1. The summed E-state index contributed by atoms with van der Waals surface area (Å²) >= 11 is 0. The van der Waals surface area contributed by atoms with Gasteiger partial charge in [0.2, 0.25) is 0 Å². The van der Waals surface area contributed by atoms with E-state index in [1.807, 2.05) is 174 Å². The number of hydrogen-bond donors (Lipinski definition) is 0. The van der Waals surface area contributed by atoms with Gasteiger partial charge in [-0.3, -0.25) is 9.36 Å². The van der Waals surface area contributed by atoms with Gasteiger partial charge in [0.15, 0.2) is 0 Å². The van der Waals surface area contributed by atoms with Crippen molar-refractivity contribution < 1.29 is 77.9 Å². The van der Waals surface area contributed by atoms with Crippen LogP contribution in [0.25, 0.3) is 112 Å². The number of aryl methyl sites for hydroxylation is 1. The summed E-state index contributed by atoms with van der Waals surface area (Å²) in [6.07, 6.45) is 7.61. The number of rotatable bonds is 12. The first-order chi connectivity index (χ1) is 46.4. The van der Waals surface area contributed by atoms with Crippen LogP contribution in [0.5, 0.6) is 0 Å². The van der Waals surface area contributed by atoms with E-state index < -0.39 is 0 Å². The molecule has 0 saturated carbocycles. The maximum Gasteiger partial charge on any atom is 0.113 e. The molecule has 98 heavy (non-hydrogen) atoms. The van der Waals surface area contributed by atoms with Crippen LogP contribution in [0.2, 0.25) is 0 Å². The number of aromatic nitrogens is 10. The molecular weight excluding hydrogens is 1560 g/mol. The van der Waals surface area contributed by atoms with E-state index in [9.17, 15) is 0 Å². The van der Waals surface area contributed by atoms with E-state index in [1.165, 1.54) is 55.6 Å². The van der Waals surface area contributed by atoms with Crippen molar-refractivity contribution in [1.29, 1.82) is 0 Å². The fourth-order valence-corrected chi connectivity index (χ4v) is 10.9. The second kappa shape index (κ2) is 35.7. The van der Waals surface area contributed by atoms with Crippen molar-refractivity contribution in [2.24, 2.45) is 0 Å². The van der Waals surface area contributed by atoms with Gasteiger partial charge in [0.1, 0.15) is 11.4 Å². The molecule has 0 bridgehead atoms. The van der Waals surface area contributed by atoms with Gasteiger partial charge in [0.05, 0.1) is 24.3 Å². The second-order valence-electron chi connectivity index (χ2n) is 22.0. The zero-order valence-corrected chi connectivity index (χ0v) is 59.7. The van der Waals surface area contributed by atoms with Gasteiger partial charge in [-0.05, 0) is 92.2 Å². The van der Waals surface area contributed by atoms with Crippen LogP contribution in [-0.4, -0.2) is 49.5 Å². The van der Waals surface area contributed by atoms with Crippen LogP contribution in [0.3, 0.4) is 0 Å². The molecule has 0 aliphatic carbocycles. The van der Waals surface area contributed by atoms with Crippen molar-refractivity contribution >= 4 is 0 Å². The van der Waals surface area contributed by atoms with Crippen molar-refractivity contribution in [2.75, 3.05) is 0 Å². The number of nitrogens with zero attached hydrogens (tertiary/aromatic N) is 10. The standard InChI is InChI=1S/C23H19N2.C21H15N2.2C20H14N3.4Rh/c1-17-23(18(2)25(24-17)22-11-7-4-8-12-22)21-15-13-20(14-16-21)19-9-5-3-6-10-19;1-3-7-17(8-4-1)18-11-13-19(14-12-18)20-15-22-23(16-20)21-9-5-2-6-10-21;1-3-7-16(8-4-1)17-11-13-18(14-12-17)20-15-23(22-21-20)19-9-5-2-6-10-19;1-3-7-16(8-4-1)17-11-13-18(14-12-17)20-15-21-23(22-20)19-9-5-2-6-10-19;;;;/h3-11,13-16H,1-2H3;1-9,11-16H;2*1-9,11-15H;;;;/q4*-1;;;;. The maximum atomic E-state index is 4.72. The summed E-state index contributed by atoms with van der Waals surface area (Å²) in [6.45, 7) is 4.17. The minimum Gasteiger partial charge on any atom is -0.265 e. The molecule has 0 atom stereocenters. The molecule has 0 aliphatic rings. The molecule has 0 aliphatic heterocycles. The van der Waals surface area contributed by atoms with Gasteiger partial charge < -0.3 is 0 Å². The van der Waals surface area contributed by atoms with Crippen LogP contribution in [-0.2, 0) is 77.9 Å². The van der Waals surface area contributed by atoms with Crippen molar-refractivity contribution in [2.45, 2.75) is 13.8 Å². The molecule has 0 N–H and O–H groups in total. The van der Waals surface area contributed by atoms with Crippen LogP contribution in [0, 0.1) is 38.1 Å². The Morgan fingerprint density at radius 1 is 0.276 bits per heavy atom. The van der Waals surface area contributed by atoms with Gasteiger partial charge in [-0.1, -0.05) is 224 Å². The molecule has 0 spiro atoms. The Morgan fingerprint density at radius 3 is 1.04 bits per heavy atom. The molecule has 488 valence electrons. The summed E-state index contributed by atoms with van der Waals surface area (Å²) in [4.78, 5) is 1.60. The monoisotopic (exact) mass is 1620 g/mol. The third kappa shape index (κ3) is 18.1. The van der Waals surface area contributed by atoms with E-state index in [2.05, 4.69) is 234 Å². The Bertz CT molecular complexity index is 4590. The smallest absolute Gasteiger partial charge is 0.113 e. The van der Waals surface area contributed by atoms with E-state index in [0.29, 0.717) is 0 Å². The molecule has 4 heterocycles. The van der Waals surface area contributed by atoms with Gasteiger partial charge in [-0.2, -0.15) is 122 Å². The minimum absolute atomic E-state index is 0. The molecule has 4 radical (unpaired) electrons. The van der Waals surface area contributed by atoms with E-state index in [0.717, 1.165) is 67.8 Å². The molecule has 14 heteroatoms. The fraction of sp³-hybridized carbons (Fsp3) is 0.0238. The van der Waals surface area contributed by atoms with Gasteiger partial charge in [0.25, 0.3) is 0 Å². The first kappa shape index (κ1) is 72.1. The molecule has 16 rings (SSSR count). The molecule has 16 aromatic rings. The number of hydrogen-bond acceptors (Lipinski definition) is 6. The number of para-hydroxylation sites is 4. The third-order valence-corrected chi connectivity index (χ3v) is 15.7. The second-order valence-corrected chi connectivity index (χ2v) is 22.0. The summed E-state index contributed by atoms with van der Waals surface area (Å²) < 4.78 is 5.55. The van der Waals surface area contributed by atoms with E-state index in [-0.39, 0.29) is 77.9 Å². The molecular formula is C84H62N10Rh4-4. The normalized spacial score (nSPS) is 10.2. The Hall–Kier alpha value is -10.2. The van der Waals surface area contributed by atoms with Gasteiger partial charge in [-0.25, -0.2) is 4.68 Å². The van der Waals surface area contributed by atoms with Gasteiger partial charge in [0, 0.05) is 112 Å². The quantitative estimate of drug-likeness (QED) is 0.0893. The Morgan fingerprint density at radius 2 is 0.622 bits per heavy atom. The van der Waals surface area contributed by atoms with Crippen molar-refractivity contribution in [3.05, 3.63) is 376 Å². The summed E-state index contributed by atoms with van der Waals surface area (Å²) in [7, 11) is 0. The molecule has 0 unspecified atom stereocenters. The largest absolute Gasteiger partial charge is 0.265 e. The first-order valence-electron chi connectivity index (χ1n) is 30.9. The van der Waals surface area contributed by atoms with Crippen LogP contribution >= 0.6 is 0 Å². The molecule has 12 aromatic carbocycles. The van der Waals surface area contributed by atoms with Crippen molar-refractivity contribution in [3.8, 4) is 112 Å². The average molecular weight is 1620 g/mol. The molecule has 0 amide bonds. The Labute approximate surface area is 623 Å². The number of benzene rings is 12. The van der Waals surface area contributed by atoms with Gasteiger partial charge >= 0.3 is 0 Å². The maximum absolute atomic E-state index is 4.72. The minimum atomic E-state index is 0. The Balaban J connectivity index is 0.000000151. The summed E-state index contributed by atoms with van der Waals surface area (Å²) in [6, 6.07) is 119. The predicted molar refractivity (Wildman–Crippen MR) is 378 cm³/mol. The summed E-state index contributed by atoms with van der Waals surface area (Å²) in [5, 5.41) is 26.4. The molecule has 4 aromatic heterocycles. The van der Waals surface area contributed by atoms with Gasteiger partial charge in [-0.15, -0.1) is 29.4 Å². The van der Waals surface area contributed by atoms with Crippen LogP contribution in [0.1, 0.15) is 11.4 Å². The predicted octanol–water partition coefficient (Wildman–Crippen LogP) is 19.4. The van der Waals surface area contributed by atoms with Crippen molar-refractivity contribution in [3.63, 3.8) is 0 Å². The van der Waals surface area contributed by atoms with Crippen LogP contribution < -0.4 is 0 Å².